The number of hydrogen-bond donors (Lipinski definition) is 1. The van der Waals surface area contributed by atoms with Crippen molar-refractivity contribution in [2.75, 3.05) is 7.05 Å². The van der Waals surface area contributed by atoms with E-state index >= 15 is 0 Å². The van der Waals surface area contributed by atoms with Gasteiger partial charge in [-0.2, -0.15) is 5.06 Å². The first-order chi connectivity index (χ1) is 6.74. The van der Waals surface area contributed by atoms with Crippen molar-refractivity contribution in [3.05, 3.63) is 0 Å². The molecule has 1 saturated heterocycles. The molecule has 1 aliphatic rings. The second-order valence-corrected chi connectivity index (χ2v) is 5.18. The van der Waals surface area contributed by atoms with Crippen LogP contribution < -0.4 is 0 Å². The number of amides is 1. The summed E-state index contributed by atoms with van der Waals surface area (Å²) >= 11 is 0. The van der Waals surface area contributed by atoms with Crippen LogP contribution in [0.4, 0.5) is 0 Å². The highest BCUT2D eigenvalue weighted by atomic mass is 16.5. The first-order valence-corrected chi connectivity index (χ1v) is 5.50. The molecule has 1 heterocycles. The fourth-order valence-corrected chi connectivity index (χ4v) is 2.18. The number of hydroxylamine groups is 2. The maximum Gasteiger partial charge on any atom is 0.243 e. The standard InChI is InChI=1S/C11H22N2O2/c1-7(2)9-10(14)12(6)11(5,8(3)4)13(9)15/h7-9,15H,1-6H3/t9-,11-/m1/s1. The van der Waals surface area contributed by atoms with E-state index in [-0.39, 0.29) is 17.7 Å². The van der Waals surface area contributed by atoms with Crippen LogP contribution in [-0.2, 0) is 4.79 Å². The number of likely N-dealkylation sites (N-methyl/N-ethyl adjacent to an activating group) is 1. The molecule has 2 atom stereocenters. The summed E-state index contributed by atoms with van der Waals surface area (Å²) in [7, 11) is 1.76. The van der Waals surface area contributed by atoms with Crippen LogP contribution in [0.2, 0.25) is 0 Å². The van der Waals surface area contributed by atoms with E-state index in [1.54, 1.807) is 11.9 Å². The highest BCUT2D eigenvalue weighted by Crippen LogP contribution is 2.37. The SMILES string of the molecule is CC(C)[C@@H]1C(=O)N(C)[C@@](C)(C(C)C)N1O. The summed E-state index contributed by atoms with van der Waals surface area (Å²) in [5.74, 6) is 0.300. The molecule has 0 unspecified atom stereocenters. The molecule has 4 nitrogen and oxygen atoms in total. The normalized spacial score (nSPS) is 33.5. The van der Waals surface area contributed by atoms with Crippen LogP contribution in [-0.4, -0.2) is 39.8 Å². The van der Waals surface area contributed by atoms with Gasteiger partial charge < -0.3 is 10.1 Å². The zero-order valence-electron chi connectivity index (χ0n) is 10.5. The molecule has 0 saturated carbocycles. The lowest BCUT2D eigenvalue weighted by Gasteiger charge is -2.40. The fraction of sp³-hybridized carbons (Fsp3) is 0.909. The Labute approximate surface area is 91.8 Å². The van der Waals surface area contributed by atoms with Gasteiger partial charge in [0.1, 0.15) is 11.7 Å². The Bertz CT molecular complexity index is 265. The molecule has 1 fully saturated rings. The average Bonchev–Trinajstić information content (AvgIpc) is 2.29. The quantitative estimate of drug-likeness (QED) is 0.758. The number of carbonyl (C=O) groups is 1. The van der Waals surface area contributed by atoms with Gasteiger partial charge in [-0.25, -0.2) is 0 Å². The summed E-state index contributed by atoms with van der Waals surface area (Å²) in [5, 5.41) is 11.4. The largest absolute Gasteiger partial charge is 0.324 e. The molecule has 0 radical (unpaired) electrons. The second-order valence-electron chi connectivity index (χ2n) is 5.18. The number of rotatable bonds is 2. The molecule has 88 valence electrons. The molecule has 15 heavy (non-hydrogen) atoms. The molecule has 4 heteroatoms. The Balaban J connectivity index is 3.10. The maximum absolute atomic E-state index is 12.0. The summed E-state index contributed by atoms with van der Waals surface area (Å²) in [5.41, 5.74) is -0.591. The summed E-state index contributed by atoms with van der Waals surface area (Å²) in [6, 6.07) is -0.414. The summed E-state index contributed by atoms with van der Waals surface area (Å²) in [6.45, 7) is 9.82. The van der Waals surface area contributed by atoms with Gasteiger partial charge in [-0.3, -0.25) is 4.79 Å². The second kappa shape index (κ2) is 3.76. The van der Waals surface area contributed by atoms with Crippen molar-refractivity contribution in [1.29, 1.82) is 0 Å². The van der Waals surface area contributed by atoms with Gasteiger partial charge >= 0.3 is 0 Å². The van der Waals surface area contributed by atoms with E-state index in [9.17, 15) is 10.0 Å². The Kier molecular flexibility index (Phi) is 3.12. The average molecular weight is 214 g/mol. The molecule has 1 aliphatic heterocycles. The topological polar surface area (TPSA) is 43.8 Å². The minimum Gasteiger partial charge on any atom is -0.324 e. The monoisotopic (exact) mass is 214 g/mol. The Morgan fingerprint density at radius 1 is 1.33 bits per heavy atom. The zero-order valence-corrected chi connectivity index (χ0v) is 10.5. The predicted octanol–water partition coefficient (Wildman–Crippen LogP) is 1.55. The van der Waals surface area contributed by atoms with Gasteiger partial charge in [-0.15, -0.1) is 0 Å². The van der Waals surface area contributed by atoms with Gasteiger partial charge in [0.15, 0.2) is 0 Å². The van der Waals surface area contributed by atoms with Gasteiger partial charge in [0, 0.05) is 7.05 Å². The van der Waals surface area contributed by atoms with E-state index in [1.807, 2.05) is 34.6 Å². The van der Waals surface area contributed by atoms with E-state index in [0.29, 0.717) is 0 Å². The summed E-state index contributed by atoms with van der Waals surface area (Å²) in [6.07, 6.45) is 0. The van der Waals surface area contributed by atoms with Gasteiger partial charge in [0.25, 0.3) is 0 Å². The molecule has 0 aromatic heterocycles. The van der Waals surface area contributed by atoms with Crippen molar-refractivity contribution in [2.45, 2.75) is 46.3 Å². The Morgan fingerprint density at radius 3 is 2.00 bits per heavy atom. The molecule has 0 aromatic carbocycles. The molecule has 0 bridgehead atoms. The van der Waals surface area contributed by atoms with Crippen molar-refractivity contribution < 1.29 is 10.0 Å². The van der Waals surface area contributed by atoms with E-state index in [0.717, 1.165) is 0 Å². The summed E-state index contributed by atoms with van der Waals surface area (Å²) in [4.78, 5) is 13.7. The molecule has 0 spiro atoms. The van der Waals surface area contributed by atoms with Crippen molar-refractivity contribution in [1.82, 2.24) is 9.96 Å². The first-order valence-electron chi connectivity index (χ1n) is 5.50. The third kappa shape index (κ3) is 1.56. The third-order valence-electron chi connectivity index (χ3n) is 3.72. The molecular formula is C11H22N2O2. The summed E-state index contributed by atoms with van der Waals surface area (Å²) < 4.78 is 0. The zero-order chi connectivity index (χ0) is 12.0. The molecule has 1 rings (SSSR count). The first kappa shape index (κ1) is 12.5. The molecule has 0 aromatic rings. The van der Waals surface area contributed by atoms with Gasteiger partial charge in [0.2, 0.25) is 5.91 Å². The van der Waals surface area contributed by atoms with Gasteiger partial charge in [-0.1, -0.05) is 27.7 Å². The molecule has 1 amide bonds. The Hall–Kier alpha value is -0.610. The maximum atomic E-state index is 12.0. The minimum atomic E-state index is -0.591. The van der Waals surface area contributed by atoms with Crippen LogP contribution in [0.3, 0.4) is 0 Å². The van der Waals surface area contributed by atoms with E-state index in [1.165, 1.54) is 5.06 Å². The van der Waals surface area contributed by atoms with Crippen LogP contribution in [0.25, 0.3) is 0 Å². The van der Waals surface area contributed by atoms with Crippen LogP contribution in [0, 0.1) is 11.8 Å². The molecule has 0 aliphatic carbocycles. The highest BCUT2D eigenvalue weighted by Gasteiger charge is 2.54. The lowest BCUT2D eigenvalue weighted by Crippen LogP contribution is -2.53. The van der Waals surface area contributed by atoms with E-state index in [2.05, 4.69) is 0 Å². The molecule has 1 N–H and O–H groups in total. The number of carbonyl (C=O) groups excluding carboxylic acids is 1. The lowest BCUT2D eigenvalue weighted by molar-refractivity contribution is -0.214. The van der Waals surface area contributed by atoms with Crippen LogP contribution in [0.5, 0.6) is 0 Å². The highest BCUT2D eigenvalue weighted by molar-refractivity contribution is 5.84. The van der Waals surface area contributed by atoms with E-state index < -0.39 is 11.7 Å². The van der Waals surface area contributed by atoms with Crippen molar-refractivity contribution in [3.63, 3.8) is 0 Å². The Morgan fingerprint density at radius 2 is 1.80 bits per heavy atom. The third-order valence-corrected chi connectivity index (χ3v) is 3.72. The van der Waals surface area contributed by atoms with Crippen LogP contribution >= 0.6 is 0 Å². The molecular weight excluding hydrogens is 192 g/mol. The fourth-order valence-electron chi connectivity index (χ4n) is 2.18. The smallest absolute Gasteiger partial charge is 0.243 e. The van der Waals surface area contributed by atoms with Crippen molar-refractivity contribution >= 4 is 5.91 Å². The van der Waals surface area contributed by atoms with E-state index in [4.69, 9.17) is 0 Å². The number of nitrogens with zero attached hydrogens (tertiary/aromatic N) is 2. The van der Waals surface area contributed by atoms with Crippen LogP contribution in [0.1, 0.15) is 34.6 Å². The van der Waals surface area contributed by atoms with Crippen LogP contribution in [0.15, 0.2) is 0 Å². The van der Waals surface area contributed by atoms with Gasteiger partial charge in [-0.05, 0) is 18.8 Å². The number of hydrogen-bond acceptors (Lipinski definition) is 3. The van der Waals surface area contributed by atoms with Crippen molar-refractivity contribution in [2.24, 2.45) is 11.8 Å². The minimum absolute atomic E-state index is 0.00343. The lowest BCUT2D eigenvalue weighted by atomic mass is 9.97. The van der Waals surface area contributed by atoms with Crippen molar-refractivity contribution in [3.8, 4) is 0 Å². The predicted molar refractivity (Wildman–Crippen MR) is 58.3 cm³/mol. The van der Waals surface area contributed by atoms with Gasteiger partial charge in [0.05, 0.1) is 0 Å².